The summed E-state index contributed by atoms with van der Waals surface area (Å²) in [6, 6.07) is 0. The molecular formula is C8H16BNO7. The number of nitrogens with one attached hydrogen (secondary N) is 1. The highest BCUT2D eigenvalue weighted by Gasteiger charge is 2.31. The van der Waals surface area contributed by atoms with Crippen molar-refractivity contribution in [1.82, 2.24) is 5.32 Å². The fourth-order valence-corrected chi connectivity index (χ4v) is 0.794. The molecule has 98 valence electrons. The molecule has 0 amide bonds. The Morgan fingerprint density at radius 2 is 1.76 bits per heavy atom. The Morgan fingerprint density at radius 1 is 1.35 bits per heavy atom. The van der Waals surface area contributed by atoms with Crippen LogP contribution in [0.2, 0.25) is 0 Å². The summed E-state index contributed by atoms with van der Waals surface area (Å²) >= 11 is 0. The van der Waals surface area contributed by atoms with Crippen LogP contribution in [0.15, 0.2) is 12.7 Å². The van der Waals surface area contributed by atoms with Crippen LogP contribution in [0.3, 0.4) is 0 Å². The van der Waals surface area contributed by atoms with Crippen LogP contribution in [-0.4, -0.2) is 56.6 Å². The van der Waals surface area contributed by atoms with E-state index in [1.54, 1.807) is 0 Å². The molecule has 0 saturated carbocycles. The van der Waals surface area contributed by atoms with Crippen LogP contribution < -0.4 is 5.32 Å². The number of hydrogen-bond acceptors (Lipinski definition) is 6. The van der Waals surface area contributed by atoms with E-state index in [2.05, 4.69) is 11.9 Å². The highest BCUT2D eigenvalue weighted by atomic mass is 16.5. The van der Waals surface area contributed by atoms with Crippen LogP contribution in [-0.2, 0) is 9.59 Å². The van der Waals surface area contributed by atoms with Crippen LogP contribution in [0.25, 0.3) is 0 Å². The maximum atomic E-state index is 10.7. The molecule has 0 saturated heterocycles. The lowest BCUT2D eigenvalue weighted by Crippen LogP contribution is -2.50. The van der Waals surface area contributed by atoms with Gasteiger partial charge in [-0.1, -0.05) is 6.08 Å². The van der Waals surface area contributed by atoms with Gasteiger partial charge in [-0.3, -0.25) is 14.9 Å². The van der Waals surface area contributed by atoms with Crippen molar-refractivity contribution in [3.8, 4) is 0 Å². The molecule has 0 aliphatic heterocycles. The maximum Gasteiger partial charge on any atom is 0.631 e. The van der Waals surface area contributed by atoms with Crippen LogP contribution in [0.4, 0.5) is 0 Å². The minimum absolute atomic E-state index is 0.176. The van der Waals surface area contributed by atoms with E-state index in [0.29, 0.717) is 0 Å². The first kappa shape index (κ1) is 18.0. The summed E-state index contributed by atoms with van der Waals surface area (Å²) in [6.07, 6.45) is 1.61. The predicted octanol–water partition coefficient (Wildman–Crippen LogP) is -1.97. The average molecular weight is 249 g/mol. The molecule has 0 bridgehead atoms. The van der Waals surface area contributed by atoms with Gasteiger partial charge in [0.05, 0.1) is 6.54 Å². The van der Waals surface area contributed by atoms with Gasteiger partial charge in [-0.2, -0.15) is 0 Å². The fraction of sp³-hybridized carbons (Fsp3) is 0.500. The maximum absolute atomic E-state index is 10.7. The van der Waals surface area contributed by atoms with Crippen molar-refractivity contribution in [3.05, 3.63) is 12.7 Å². The molecule has 0 spiro atoms. The zero-order chi connectivity index (χ0) is 14.1. The van der Waals surface area contributed by atoms with Crippen LogP contribution in [0.5, 0.6) is 0 Å². The molecule has 0 aliphatic rings. The van der Waals surface area contributed by atoms with Crippen molar-refractivity contribution in [3.63, 3.8) is 0 Å². The zero-order valence-corrected chi connectivity index (χ0v) is 9.33. The van der Waals surface area contributed by atoms with Crippen molar-refractivity contribution < 1.29 is 34.9 Å². The number of rotatable bonds is 6. The summed E-state index contributed by atoms with van der Waals surface area (Å²) in [6.45, 7) is 4.44. The normalized spacial score (nSPS) is 12.7. The molecule has 17 heavy (non-hydrogen) atoms. The molecule has 0 aromatic carbocycles. The third kappa shape index (κ3) is 10.9. The van der Waals surface area contributed by atoms with Gasteiger partial charge in [0.2, 0.25) is 0 Å². The molecular weight excluding hydrogens is 233 g/mol. The van der Waals surface area contributed by atoms with E-state index < -0.39 is 24.8 Å². The third-order valence-electron chi connectivity index (χ3n) is 1.65. The van der Waals surface area contributed by atoms with E-state index in [-0.39, 0.29) is 13.0 Å². The lowest BCUT2D eigenvalue weighted by molar-refractivity contribution is -0.144. The Labute approximate surface area is 98.4 Å². The molecule has 9 heteroatoms. The van der Waals surface area contributed by atoms with Crippen LogP contribution in [0.1, 0.15) is 13.3 Å². The van der Waals surface area contributed by atoms with Gasteiger partial charge >= 0.3 is 19.3 Å². The van der Waals surface area contributed by atoms with E-state index in [0.717, 1.165) is 0 Å². The van der Waals surface area contributed by atoms with Crippen LogP contribution in [0, 0.1) is 0 Å². The van der Waals surface area contributed by atoms with Gasteiger partial charge < -0.3 is 25.3 Å². The van der Waals surface area contributed by atoms with Gasteiger partial charge in [0, 0.05) is 0 Å². The molecule has 0 radical (unpaired) electrons. The largest absolute Gasteiger partial charge is 0.631 e. The van der Waals surface area contributed by atoms with E-state index in [4.69, 9.17) is 25.3 Å². The van der Waals surface area contributed by atoms with Crippen LogP contribution >= 0.6 is 0 Å². The zero-order valence-electron chi connectivity index (χ0n) is 9.33. The molecule has 0 aromatic heterocycles. The number of carboxylic acids is 2. The number of aliphatic carboxylic acids is 2. The monoisotopic (exact) mass is 249 g/mol. The third-order valence-corrected chi connectivity index (χ3v) is 1.65. The second kappa shape index (κ2) is 8.70. The second-order valence-electron chi connectivity index (χ2n) is 3.22. The van der Waals surface area contributed by atoms with Crippen molar-refractivity contribution >= 4 is 19.3 Å². The van der Waals surface area contributed by atoms with Gasteiger partial charge in [0.1, 0.15) is 5.54 Å². The Morgan fingerprint density at radius 3 is 2.00 bits per heavy atom. The Hall–Kier alpha value is -1.42. The molecule has 8 nitrogen and oxygen atoms in total. The molecule has 0 fully saturated rings. The van der Waals surface area contributed by atoms with Gasteiger partial charge in [-0.05, 0) is 13.3 Å². The molecule has 0 heterocycles. The average Bonchev–Trinajstić information content (AvgIpc) is 2.14. The van der Waals surface area contributed by atoms with E-state index in [1.807, 2.05) is 0 Å². The number of carboxylic acid groups (broad SMARTS) is 2. The first-order chi connectivity index (χ1) is 7.65. The number of hydrogen-bond donors (Lipinski definition) is 6. The molecule has 0 aliphatic carbocycles. The van der Waals surface area contributed by atoms with Crippen molar-refractivity contribution in [2.75, 3.05) is 6.54 Å². The van der Waals surface area contributed by atoms with E-state index >= 15 is 0 Å². The summed E-state index contributed by atoms with van der Waals surface area (Å²) in [5.74, 6) is -2.18. The summed E-state index contributed by atoms with van der Waals surface area (Å²) in [7, 11) is -2.17. The summed E-state index contributed by atoms with van der Waals surface area (Å²) < 4.78 is 0. The van der Waals surface area contributed by atoms with Gasteiger partial charge in [0.15, 0.2) is 0 Å². The smallest absolute Gasteiger partial charge is 0.480 e. The summed E-state index contributed by atoms with van der Waals surface area (Å²) in [4.78, 5) is 20.9. The van der Waals surface area contributed by atoms with Crippen molar-refractivity contribution in [1.29, 1.82) is 0 Å². The van der Waals surface area contributed by atoms with E-state index in [1.165, 1.54) is 13.0 Å². The van der Waals surface area contributed by atoms with Crippen molar-refractivity contribution in [2.24, 2.45) is 0 Å². The van der Waals surface area contributed by atoms with Crippen molar-refractivity contribution in [2.45, 2.75) is 18.9 Å². The van der Waals surface area contributed by atoms with Gasteiger partial charge in [-0.25, -0.2) is 0 Å². The second-order valence-corrected chi connectivity index (χ2v) is 3.22. The quantitative estimate of drug-likeness (QED) is 0.234. The fourth-order valence-electron chi connectivity index (χ4n) is 0.794. The lowest BCUT2D eigenvalue weighted by atomic mass is 9.98. The summed E-state index contributed by atoms with van der Waals surface area (Å²) in [5.41, 5.74) is -1.25. The Kier molecular flexibility index (Phi) is 9.20. The highest BCUT2D eigenvalue weighted by molar-refractivity contribution is 6.30. The molecule has 1 atom stereocenters. The van der Waals surface area contributed by atoms with E-state index in [9.17, 15) is 9.59 Å². The van der Waals surface area contributed by atoms with Gasteiger partial charge in [0.25, 0.3) is 0 Å². The first-order valence-electron chi connectivity index (χ1n) is 4.51. The topological polar surface area (TPSA) is 147 Å². The molecule has 6 N–H and O–H groups in total. The SMILES string of the molecule is C=CCC(C)(NCC(=O)O)C(=O)O.OB(O)O. The minimum Gasteiger partial charge on any atom is -0.480 e. The summed E-state index contributed by atoms with van der Waals surface area (Å²) in [5, 5.41) is 41.0. The standard InChI is InChI=1S/C8H13NO4.BH3O3/c1-3-4-8(2,7(12)13)9-5-6(10)11;2-1(3)4/h3,9H,1,4-5H2,2H3,(H,10,11)(H,12,13);2-4H. The number of carbonyl (C=O) groups is 2. The highest BCUT2D eigenvalue weighted by Crippen LogP contribution is 2.09. The lowest BCUT2D eigenvalue weighted by Gasteiger charge is -2.23. The first-order valence-corrected chi connectivity index (χ1v) is 4.51. The Balaban J connectivity index is 0. The predicted molar refractivity (Wildman–Crippen MR) is 58.9 cm³/mol. The molecule has 0 aromatic rings. The molecule has 0 rings (SSSR count). The Bertz CT molecular complexity index is 268. The van der Waals surface area contributed by atoms with Gasteiger partial charge in [-0.15, -0.1) is 6.58 Å². The minimum atomic E-state index is -2.17. The molecule has 1 unspecified atom stereocenters.